The fourth-order valence-electron chi connectivity index (χ4n) is 5.68. The standard InChI is InChI=1S/C45H81NO5/c1-5-7-9-11-13-15-17-19-21-23-24-26-28-30-32-34-36-43(51-45(48)38-39-46(3)4)42-49-40-41-50-44(47)37-35-33-31-29-27-25-22-20-18-16-14-12-10-8-6-2/h13-16,19-22,43H,5-12,17-18,23-42H2,1-4H3. The zero-order valence-electron chi connectivity index (χ0n) is 33.9. The normalized spacial score (nSPS) is 12.7. The van der Waals surface area contributed by atoms with Crippen molar-refractivity contribution in [2.24, 2.45) is 0 Å². The van der Waals surface area contributed by atoms with E-state index in [2.05, 4.69) is 62.5 Å². The van der Waals surface area contributed by atoms with Gasteiger partial charge in [-0.15, -0.1) is 0 Å². The minimum Gasteiger partial charge on any atom is -0.463 e. The first-order chi connectivity index (χ1) is 25.0. The summed E-state index contributed by atoms with van der Waals surface area (Å²) in [5, 5.41) is 0. The second kappa shape index (κ2) is 40.6. The van der Waals surface area contributed by atoms with Crippen LogP contribution in [-0.4, -0.2) is 63.4 Å². The predicted octanol–water partition coefficient (Wildman–Crippen LogP) is 12.4. The van der Waals surface area contributed by atoms with E-state index in [1.807, 2.05) is 19.0 Å². The summed E-state index contributed by atoms with van der Waals surface area (Å²) in [5.74, 6) is -0.335. The molecule has 0 bridgehead atoms. The van der Waals surface area contributed by atoms with Crippen LogP contribution in [0.25, 0.3) is 0 Å². The van der Waals surface area contributed by atoms with Crippen molar-refractivity contribution >= 4 is 11.9 Å². The largest absolute Gasteiger partial charge is 0.463 e. The Labute approximate surface area is 315 Å². The topological polar surface area (TPSA) is 65.1 Å². The highest BCUT2D eigenvalue weighted by atomic mass is 16.6. The minimum atomic E-state index is -0.256. The van der Waals surface area contributed by atoms with Crippen molar-refractivity contribution in [1.29, 1.82) is 0 Å². The molecule has 0 saturated carbocycles. The Kier molecular flexibility index (Phi) is 38.9. The van der Waals surface area contributed by atoms with Gasteiger partial charge in [-0.25, -0.2) is 0 Å². The molecular weight excluding hydrogens is 634 g/mol. The number of esters is 2. The highest BCUT2D eigenvalue weighted by Crippen LogP contribution is 2.14. The molecule has 0 aliphatic heterocycles. The molecule has 0 aliphatic carbocycles. The van der Waals surface area contributed by atoms with Gasteiger partial charge in [-0.1, -0.05) is 133 Å². The molecule has 0 fully saturated rings. The maximum Gasteiger partial charge on any atom is 0.307 e. The summed E-state index contributed by atoms with van der Waals surface area (Å²) in [5.41, 5.74) is 0. The summed E-state index contributed by atoms with van der Waals surface area (Å²) in [4.78, 5) is 26.5. The van der Waals surface area contributed by atoms with Crippen molar-refractivity contribution in [3.63, 3.8) is 0 Å². The van der Waals surface area contributed by atoms with Gasteiger partial charge in [0.2, 0.25) is 0 Å². The lowest BCUT2D eigenvalue weighted by Gasteiger charge is -2.19. The minimum absolute atomic E-state index is 0.155. The number of rotatable bonds is 38. The molecule has 0 aliphatic rings. The van der Waals surface area contributed by atoms with E-state index in [0.717, 1.165) is 64.2 Å². The summed E-state index contributed by atoms with van der Waals surface area (Å²) in [6.45, 7) is 6.07. The highest BCUT2D eigenvalue weighted by Gasteiger charge is 2.15. The molecule has 51 heavy (non-hydrogen) atoms. The molecule has 6 nitrogen and oxygen atoms in total. The molecule has 0 aromatic rings. The number of ether oxygens (including phenoxy) is 3. The highest BCUT2D eigenvalue weighted by molar-refractivity contribution is 5.70. The zero-order chi connectivity index (χ0) is 37.3. The van der Waals surface area contributed by atoms with Crippen LogP contribution in [0, 0.1) is 0 Å². The molecule has 0 amide bonds. The maximum atomic E-state index is 12.4. The number of nitrogens with zero attached hydrogens (tertiary/aromatic N) is 1. The Morgan fingerprint density at radius 3 is 1.51 bits per heavy atom. The average Bonchev–Trinajstić information content (AvgIpc) is 3.11. The molecule has 0 spiro atoms. The molecule has 296 valence electrons. The quantitative estimate of drug-likeness (QED) is 0.0360. The molecule has 0 saturated heterocycles. The van der Waals surface area contributed by atoms with Gasteiger partial charge in [-0.2, -0.15) is 0 Å². The van der Waals surface area contributed by atoms with E-state index in [0.29, 0.717) is 32.6 Å². The van der Waals surface area contributed by atoms with Crippen LogP contribution in [-0.2, 0) is 23.8 Å². The van der Waals surface area contributed by atoms with Crippen LogP contribution in [0.2, 0.25) is 0 Å². The van der Waals surface area contributed by atoms with Crippen LogP contribution in [0.15, 0.2) is 48.6 Å². The third kappa shape index (κ3) is 40.4. The number of allylic oxidation sites excluding steroid dienone is 8. The number of carbonyl (C=O) groups is 2. The fraction of sp³-hybridized carbons (Fsp3) is 0.778. The number of hydrogen-bond donors (Lipinski definition) is 0. The molecular formula is C45H81NO5. The van der Waals surface area contributed by atoms with Gasteiger partial charge in [0.05, 0.1) is 19.6 Å². The van der Waals surface area contributed by atoms with Gasteiger partial charge >= 0.3 is 11.9 Å². The van der Waals surface area contributed by atoms with Crippen molar-refractivity contribution in [3.8, 4) is 0 Å². The number of hydrogen-bond acceptors (Lipinski definition) is 6. The van der Waals surface area contributed by atoms with E-state index in [9.17, 15) is 9.59 Å². The summed E-state index contributed by atoms with van der Waals surface area (Å²) >= 11 is 0. The van der Waals surface area contributed by atoms with Crippen LogP contribution in [0.5, 0.6) is 0 Å². The van der Waals surface area contributed by atoms with Gasteiger partial charge in [0.15, 0.2) is 0 Å². The number of unbranched alkanes of at least 4 members (excludes halogenated alkanes) is 17. The average molecular weight is 716 g/mol. The molecule has 0 aromatic heterocycles. The Bertz CT molecular complexity index is 878. The molecule has 1 atom stereocenters. The first-order valence-corrected chi connectivity index (χ1v) is 21.2. The van der Waals surface area contributed by atoms with Crippen molar-refractivity contribution in [2.45, 2.75) is 187 Å². The van der Waals surface area contributed by atoms with E-state index >= 15 is 0 Å². The number of carbonyl (C=O) groups excluding carboxylic acids is 2. The summed E-state index contributed by atoms with van der Waals surface area (Å²) in [6, 6.07) is 0. The van der Waals surface area contributed by atoms with Crippen LogP contribution in [0.3, 0.4) is 0 Å². The Balaban J connectivity index is 3.97. The second-order valence-electron chi connectivity index (χ2n) is 14.3. The summed E-state index contributed by atoms with van der Waals surface area (Å²) < 4.78 is 17.0. The van der Waals surface area contributed by atoms with E-state index in [1.54, 1.807) is 0 Å². The van der Waals surface area contributed by atoms with Gasteiger partial charge in [-0.05, 0) is 97.6 Å². The monoisotopic (exact) mass is 716 g/mol. The Hall–Kier alpha value is -2.18. The molecule has 0 N–H and O–H groups in total. The van der Waals surface area contributed by atoms with Gasteiger partial charge in [0.1, 0.15) is 12.7 Å². The smallest absolute Gasteiger partial charge is 0.307 e. The van der Waals surface area contributed by atoms with Crippen LogP contribution in [0.4, 0.5) is 0 Å². The van der Waals surface area contributed by atoms with Crippen molar-refractivity contribution in [1.82, 2.24) is 4.90 Å². The molecule has 6 heteroatoms. The lowest BCUT2D eigenvalue weighted by molar-refractivity contribution is -0.153. The first-order valence-electron chi connectivity index (χ1n) is 21.2. The second-order valence-corrected chi connectivity index (χ2v) is 14.3. The zero-order valence-corrected chi connectivity index (χ0v) is 33.9. The molecule has 0 aromatic carbocycles. The van der Waals surface area contributed by atoms with Gasteiger partial charge in [0.25, 0.3) is 0 Å². The van der Waals surface area contributed by atoms with E-state index in [4.69, 9.17) is 14.2 Å². The molecule has 0 radical (unpaired) electrons. The lowest BCUT2D eigenvalue weighted by Crippen LogP contribution is -2.26. The first kappa shape index (κ1) is 48.8. The van der Waals surface area contributed by atoms with Crippen LogP contribution < -0.4 is 0 Å². The van der Waals surface area contributed by atoms with Crippen molar-refractivity contribution < 1.29 is 23.8 Å². The third-order valence-corrected chi connectivity index (χ3v) is 8.91. The molecule has 0 heterocycles. The fourth-order valence-corrected chi connectivity index (χ4v) is 5.68. The van der Waals surface area contributed by atoms with Gasteiger partial charge in [-0.3, -0.25) is 9.59 Å². The predicted molar refractivity (Wildman–Crippen MR) is 218 cm³/mol. The van der Waals surface area contributed by atoms with Crippen LogP contribution >= 0.6 is 0 Å². The molecule has 0 rings (SSSR count). The third-order valence-electron chi connectivity index (χ3n) is 8.91. The summed E-state index contributed by atoms with van der Waals surface area (Å²) in [6.07, 6.45) is 47.0. The van der Waals surface area contributed by atoms with Crippen molar-refractivity contribution in [2.75, 3.05) is 40.5 Å². The van der Waals surface area contributed by atoms with E-state index in [1.165, 1.54) is 89.9 Å². The van der Waals surface area contributed by atoms with Crippen molar-refractivity contribution in [3.05, 3.63) is 48.6 Å². The van der Waals surface area contributed by atoms with Crippen LogP contribution in [0.1, 0.15) is 181 Å². The van der Waals surface area contributed by atoms with E-state index < -0.39 is 0 Å². The van der Waals surface area contributed by atoms with E-state index in [-0.39, 0.29) is 24.6 Å². The van der Waals surface area contributed by atoms with Gasteiger partial charge < -0.3 is 19.1 Å². The lowest BCUT2D eigenvalue weighted by atomic mass is 10.1. The van der Waals surface area contributed by atoms with Gasteiger partial charge in [0, 0.05) is 13.0 Å². The SMILES string of the molecule is CCCCCC=CCC=CCCCCCCCCC(COCCOC(=O)CCCCCCCC=CCC=CCCCCC)OC(=O)CCN(C)C. The Morgan fingerprint density at radius 2 is 1.00 bits per heavy atom. The summed E-state index contributed by atoms with van der Waals surface area (Å²) in [7, 11) is 3.91. The Morgan fingerprint density at radius 1 is 0.529 bits per heavy atom. The maximum absolute atomic E-state index is 12.4. The molecule has 1 unspecified atom stereocenters.